The second-order valence-corrected chi connectivity index (χ2v) is 25.1. The van der Waals surface area contributed by atoms with Gasteiger partial charge in [-0.3, -0.25) is 67.1 Å². The van der Waals surface area contributed by atoms with E-state index in [0.717, 1.165) is 17.8 Å². The lowest BCUT2D eigenvalue weighted by molar-refractivity contribution is -0.142. The third kappa shape index (κ3) is 26.3. The van der Waals surface area contributed by atoms with E-state index in [0.29, 0.717) is 28.5 Å². The summed E-state index contributed by atoms with van der Waals surface area (Å²) in [5, 5.41) is 77.0. The summed E-state index contributed by atoms with van der Waals surface area (Å²) >= 11 is 8.10. The van der Waals surface area contributed by atoms with Crippen LogP contribution < -0.4 is 70.0 Å². The lowest BCUT2D eigenvalue weighted by Gasteiger charge is -2.30. The van der Waals surface area contributed by atoms with Crippen LogP contribution in [0.3, 0.4) is 0 Å². The molecule has 0 fully saturated rings. The van der Waals surface area contributed by atoms with Crippen molar-refractivity contribution in [2.45, 2.75) is 171 Å². The second kappa shape index (κ2) is 41.0. The van der Waals surface area contributed by atoms with Crippen LogP contribution in [-0.4, -0.2) is 222 Å². The molecule has 2 heterocycles. The Balaban J connectivity index is 1.49. The molecule has 11 amide bonds. The molecule has 35 nitrogen and oxygen atoms in total. The highest BCUT2D eigenvalue weighted by Gasteiger charge is 2.39. The molecule has 4 rings (SSSR count). The Bertz CT molecular complexity index is 3610. The number of hydrogen-bond donors (Lipinski definition) is 22. The van der Waals surface area contributed by atoms with Crippen LogP contribution in [0.25, 0.3) is 21.8 Å². The molecular formula is C64H91N15O20S2. The molecule has 0 aliphatic rings. The monoisotopic (exact) mass is 1450 g/mol. The molecule has 22 N–H and O–H groups in total. The third-order valence-corrected chi connectivity index (χ3v) is 17.0. The van der Waals surface area contributed by atoms with Gasteiger partial charge >= 0.3 is 23.9 Å². The van der Waals surface area contributed by atoms with Gasteiger partial charge in [0, 0.05) is 65.0 Å². The molecule has 0 spiro atoms. The van der Waals surface area contributed by atoms with E-state index in [4.69, 9.17) is 11.5 Å². The third-order valence-electron chi connectivity index (χ3n) is 16.2. The number of nitrogens with two attached hydrogens (primary N) is 2. The van der Waals surface area contributed by atoms with E-state index in [1.807, 2.05) is 0 Å². The number of H-pyrrole nitrogens is 2. The smallest absolute Gasteiger partial charge is 0.327 e. The van der Waals surface area contributed by atoms with Crippen LogP contribution in [0.1, 0.15) is 97.1 Å². The fraction of sp³-hybridized carbons (Fsp3) is 0.516. The normalized spacial score (nSPS) is 15.1. The van der Waals surface area contributed by atoms with Crippen LogP contribution in [-0.2, 0) is 84.8 Å². The van der Waals surface area contributed by atoms with Gasteiger partial charge in [-0.15, -0.1) is 0 Å². The van der Waals surface area contributed by atoms with Crippen LogP contribution >= 0.6 is 25.3 Å². The van der Waals surface area contributed by atoms with Gasteiger partial charge in [-0.2, -0.15) is 25.3 Å². The van der Waals surface area contributed by atoms with Crippen LogP contribution in [0.15, 0.2) is 60.9 Å². The number of aliphatic hydroxyl groups excluding tert-OH is 1. The summed E-state index contributed by atoms with van der Waals surface area (Å²) in [6.45, 7) is 6.46. The Morgan fingerprint density at radius 1 is 0.475 bits per heavy atom. The first-order valence-corrected chi connectivity index (χ1v) is 33.6. The molecule has 554 valence electrons. The molecule has 0 aliphatic heterocycles. The maximum atomic E-state index is 14.3. The van der Waals surface area contributed by atoms with Crippen LogP contribution in [0, 0.1) is 11.8 Å². The van der Waals surface area contributed by atoms with Gasteiger partial charge < -0.3 is 105 Å². The molecule has 0 bridgehead atoms. The minimum Gasteiger partial charge on any atom is -0.481 e. The number of carboxylic acid groups (broad SMARTS) is 4. The lowest BCUT2D eigenvalue weighted by atomic mass is 9.95. The molecule has 0 aliphatic carbocycles. The molecule has 13 atom stereocenters. The number of amides is 11. The number of thiol groups is 2. The number of aromatic nitrogens is 2. The Kier molecular flexibility index (Phi) is 33.9. The number of hydrogen-bond acceptors (Lipinski definition) is 20. The molecule has 0 radical (unpaired) electrons. The minimum atomic E-state index is -2.12. The maximum Gasteiger partial charge on any atom is 0.327 e. The summed E-state index contributed by atoms with van der Waals surface area (Å²) in [7, 11) is 0. The Morgan fingerprint density at radius 3 is 1.39 bits per heavy atom. The zero-order valence-corrected chi connectivity index (χ0v) is 58.0. The number of nitrogens with one attached hydrogen (secondary N) is 13. The number of carbonyl (C=O) groups is 15. The zero-order chi connectivity index (χ0) is 75.4. The fourth-order valence-electron chi connectivity index (χ4n) is 10.3. The average molecular weight is 1450 g/mol. The van der Waals surface area contributed by atoms with Crippen LogP contribution in [0.4, 0.5) is 0 Å². The van der Waals surface area contributed by atoms with Crippen molar-refractivity contribution in [1.82, 2.24) is 68.5 Å². The molecule has 0 unspecified atom stereocenters. The predicted molar refractivity (Wildman–Crippen MR) is 370 cm³/mol. The van der Waals surface area contributed by atoms with Crippen LogP contribution in [0.5, 0.6) is 0 Å². The van der Waals surface area contributed by atoms with Gasteiger partial charge in [-0.1, -0.05) is 70.5 Å². The van der Waals surface area contributed by atoms with Crippen LogP contribution in [0.2, 0.25) is 0 Å². The van der Waals surface area contributed by atoms with E-state index in [9.17, 15) is 97.5 Å². The second-order valence-electron chi connectivity index (χ2n) is 24.4. The van der Waals surface area contributed by atoms with Crippen molar-refractivity contribution in [3.05, 3.63) is 72.1 Å². The Labute approximate surface area is 590 Å². The van der Waals surface area contributed by atoms with Gasteiger partial charge in [0.15, 0.2) is 0 Å². The lowest BCUT2D eigenvalue weighted by Crippen LogP contribution is -2.62. The van der Waals surface area contributed by atoms with E-state index in [-0.39, 0.29) is 50.2 Å². The first-order valence-electron chi connectivity index (χ1n) is 32.4. The van der Waals surface area contributed by atoms with Crippen molar-refractivity contribution >= 4 is 136 Å². The molecule has 101 heavy (non-hydrogen) atoms. The number of benzene rings is 2. The Hall–Kier alpha value is -9.85. The summed E-state index contributed by atoms with van der Waals surface area (Å²) in [6, 6.07) is -3.69. The predicted octanol–water partition coefficient (Wildman–Crippen LogP) is -3.30. The summed E-state index contributed by atoms with van der Waals surface area (Å²) < 4.78 is 0. The largest absolute Gasteiger partial charge is 0.481 e. The SMILES string of the molecule is CC[C@H](C)[C@H](NC(=O)[C@H](Cc1c[nH]c2ccccc12)NC(=O)[C@@H](N)CS)C(=O)N[C@H](C(=O)N[C@@H](CC(=O)O)C(=O)N[C@@H](CCC(=O)O)C(=O)N[C@@H](CC(=O)O)C(=O)NCC(=O)N[C@H](C(=O)N[C@@H](CCCCN)C(=O)N[C@@H](Cc1c[nH]c2ccccc12)C(=O)N[C@@H](CS)C(=O)O)[C@@H](C)O)C(C)C. The summed E-state index contributed by atoms with van der Waals surface area (Å²) in [5.74, 6) is -20.2. The zero-order valence-electron chi connectivity index (χ0n) is 56.2. The summed E-state index contributed by atoms with van der Waals surface area (Å²) in [4.78, 5) is 207. The number of aliphatic hydroxyl groups is 1. The molecule has 0 saturated heterocycles. The summed E-state index contributed by atoms with van der Waals surface area (Å²) in [5.41, 5.74) is 14.2. The van der Waals surface area contributed by atoms with Crippen molar-refractivity contribution < 1.29 is 97.5 Å². The number of carboxylic acids is 4. The standard InChI is InChI=1S/C64H91N15O20S2/c1-6-31(4)52(79-60(94)43(72-54(88)37(66)28-100)22-34-26-68-39-16-10-8-14-36(34)39)62(96)78-51(30(2)3)61(95)75-45(24-50(86)87)59(93)70-41(18-19-48(82)83)57(91)74-44(23-49(84)85)55(89)69-27-47(81)77-53(32(5)80)63(97)71-40(17-11-12-20-65)56(90)73-42(58(92)76-46(29-101)64(98)99)21-33-25-67-38-15-9-7-13-35(33)38/h7-10,13-16,25-26,30-32,37,40-46,51-53,67-68,80,100-101H,6,11-12,17-24,27-29,65-66H2,1-5H3,(H,69,89)(H,70,93)(H,71,97)(H,72,88)(H,73,90)(H,74,91)(H,75,95)(H,76,92)(H,77,81)(H,78,96)(H,79,94)(H,82,83)(H,84,85)(H,86,87)(H,98,99)/t31-,32+,37-,40-,41-,42-,43-,44-,45-,46-,51-,52-,53-/m0/s1. The van der Waals surface area contributed by atoms with E-state index >= 15 is 0 Å². The number of rotatable bonds is 44. The van der Waals surface area contributed by atoms with Crippen molar-refractivity contribution in [3.8, 4) is 0 Å². The minimum absolute atomic E-state index is 0.0664. The molecule has 2 aromatic carbocycles. The van der Waals surface area contributed by atoms with Crippen molar-refractivity contribution in [3.63, 3.8) is 0 Å². The maximum absolute atomic E-state index is 14.3. The van der Waals surface area contributed by atoms with E-state index < -0.39 is 205 Å². The molecular weight excluding hydrogens is 1360 g/mol. The van der Waals surface area contributed by atoms with Gasteiger partial charge in [-0.25, -0.2) is 4.79 Å². The topological polar surface area (TPSA) is 573 Å². The van der Waals surface area contributed by atoms with Gasteiger partial charge in [0.05, 0.1) is 31.5 Å². The van der Waals surface area contributed by atoms with Gasteiger partial charge in [0.25, 0.3) is 0 Å². The molecule has 2 aromatic heterocycles. The van der Waals surface area contributed by atoms with Gasteiger partial charge in [0.1, 0.15) is 60.4 Å². The number of unbranched alkanes of at least 4 members (excludes halogenated alkanes) is 1. The first-order chi connectivity index (χ1) is 47.7. The number of carbonyl (C=O) groups excluding carboxylic acids is 11. The number of para-hydroxylation sites is 2. The van der Waals surface area contributed by atoms with E-state index in [1.165, 1.54) is 13.8 Å². The highest BCUT2D eigenvalue weighted by molar-refractivity contribution is 7.80. The highest BCUT2D eigenvalue weighted by Crippen LogP contribution is 2.22. The molecule has 0 saturated carbocycles. The van der Waals surface area contributed by atoms with Gasteiger partial charge in [0.2, 0.25) is 65.0 Å². The quantitative estimate of drug-likeness (QED) is 0.0152. The molecule has 37 heteroatoms. The first kappa shape index (κ1) is 83.6. The molecule has 4 aromatic rings. The van der Waals surface area contributed by atoms with Crippen molar-refractivity contribution in [1.29, 1.82) is 0 Å². The Morgan fingerprint density at radius 2 is 0.901 bits per heavy atom. The van der Waals surface area contributed by atoms with E-state index in [1.54, 1.807) is 74.8 Å². The van der Waals surface area contributed by atoms with Gasteiger partial charge in [-0.05, 0) is 74.2 Å². The van der Waals surface area contributed by atoms with Crippen molar-refractivity contribution in [2.24, 2.45) is 23.3 Å². The van der Waals surface area contributed by atoms with E-state index in [2.05, 4.69) is 93.7 Å². The highest BCUT2D eigenvalue weighted by atomic mass is 32.1. The fourth-order valence-corrected chi connectivity index (χ4v) is 10.8. The number of aromatic amines is 2. The van der Waals surface area contributed by atoms with Crippen molar-refractivity contribution in [2.75, 3.05) is 24.6 Å². The number of fused-ring (bicyclic) bond motifs is 2. The average Bonchev–Trinajstić information content (AvgIpc) is 1.72. The number of aliphatic carboxylic acids is 4. The summed E-state index contributed by atoms with van der Waals surface area (Å²) in [6.07, 6.45) is -2.07.